The van der Waals surface area contributed by atoms with Crippen molar-refractivity contribution >= 4 is 29.0 Å². The molecule has 2 aromatic carbocycles. The van der Waals surface area contributed by atoms with Crippen molar-refractivity contribution in [2.75, 3.05) is 0 Å². The molecular weight excluding hydrogens is 355 g/mol. The summed E-state index contributed by atoms with van der Waals surface area (Å²) in [6, 6.07) is 12.3. The van der Waals surface area contributed by atoms with Crippen LogP contribution in [0.25, 0.3) is 17.2 Å². The number of nitrogens with one attached hydrogen (secondary N) is 1. The fourth-order valence-electron chi connectivity index (χ4n) is 2.25. The first-order valence-corrected chi connectivity index (χ1v) is 7.83. The predicted molar refractivity (Wildman–Crippen MR) is 87.7 cm³/mol. The molecule has 8 heteroatoms. The number of para-hydroxylation sites is 1. The Labute approximate surface area is 144 Å². The fraction of sp³-hybridized carbons (Fsp3) is 0.0588. The van der Waals surface area contributed by atoms with Crippen LogP contribution in [-0.2, 0) is 4.79 Å². The molecule has 0 atom stereocenters. The highest BCUT2D eigenvalue weighted by Gasteiger charge is 2.32. The van der Waals surface area contributed by atoms with Crippen LogP contribution in [-0.4, -0.2) is 17.5 Å². The van der Waals surface area contributed by atoms with Gasteiger partial charge in [-0.2, -0.15) is 0 Å². The van der Waals surface area contributed by atoms with E-state index in [0.29, 0.717) is 16.7 Å². The number of carbonyl (C=O) groups excluding carboxylic acids is 2. The minimum Gasteiger partial charge on any atom is -0.405 e. The Morgan fingerprint density at radius 2 is 1.68 bits per heavy atom. The van der Waals surface area contributed by atoms with Crippen molar-refractivity contribution in [2.24, 2.45) is 0 Å². The van der Waals surface area contributed by atoms with Crippen molar-refractivity contribution < 1.29 is 27.5 Å². The van der Waals surface area contributed by atoms with Crippen LogP contribution in [0.15, 0.2) is 53.4 Å². The summed E-state index contributed by atoms with van der Waals surface area (Å²) < 4.78 is 41.5. The largest absolute Gasteiger partial charge is 0.573 e. The van der Waals surface area contributed by atoms with Crippen LogP contribution in [0.1, 0.15) is 5.56 Å². The standard InChI is InChI=1S/C17H10F3NO3S/c18-17(19,20)24-13-4-2-1-3-12(13)11-7-5-10(6-8-11)9-14-15(22)21-16(23)25-14/h1-9H,(H,21,22,23)/b14-9-. The zero-order chi connectivity index (χ0) is 18.0. The third-order valence-electron chi connectivity index (χ3n) is 3.27. The number of imide groups is 1. The second kappa shape index (κ2) is 6.64. The summed E-state index contributed by atoms with van der Waals surface area (Å²) in [6.45, 7) is 0. The van der Waals surface area contributed by atoms with Gasteiger partial charge in [0.1, 0.15) is 5.75 Å². The molecule has 3 rings (SSSR count). The number of rotatable bonds is 3. The van der Waals surface area contributed by atoms with E-state index in [0.717, 1.165) is 11.8 Å². The van der Waals surface area contributed by atoms with Gasteiger partial charge in [-0.3, -0.25) is 14.9 Å². The van der Waals surface area contributed by atoms with Crippen LogP contribution in [0, 0.1) is 0 Å². The lowest BCUT2D eigenvalue weighted by molar-refractivity contribution is -0.274. The maximum Gasteiger partial charge on any atom is 0.573 e. The Balaban J connectivity index is 1.88. The van der Waals surface area contributed by atoms with Gasteiger partial charge in [0.15, 0.2) is 0 Å². The van der Waals surface area contributed by atoms with Gasteiger partial charge < -0.3 is 4.74 Å². The number of carbonyl (C=O) groups is 2. The van der Waals surface area contributed by atoms with Gasteiger partial charge in [-0.25, -0.2) is 0 Å². The lowest BCUT2D eigenvalue weighted by Crippen LogP contribution is -2.17. The Kier molecular flexibility index (Phi) is 4.54. The molecule has 1 aliphatic rings. The van der Waals surface area contributed by atoms with E-state index in [1.165, 1.54) is 24.3 Å². The zero-order valence-corrected chi connectivity index (χ0v) is 13.3. The summed E-state index contributed by atoms with van der Waals surface area (Å²) in [5, 5.41) is 1.71. The number of hydrogen-bond donors (Lipinski definition) is 1. The summed E-state index contributed by atoms with van der Waals surface area (Å²) in [7, 11) is 0. The van der Waals surface area contributed by atoms with Crippen LogP contribution < -0.4 is 10.1 Å². The Bertz CT molecular complexity index is 860. The van der Waals surface area contributed by atoms with E-state index in [1.807, 2.05) is 0 Å². The molecule has 0 aliphatic carbocycles. The van der Waals surface area contributed by atoms with E-state index in [4.69, 9.17) is 0 Å². The summed E-state index contributed by atoms with van der Waals surface area (Å²) in [5.41, 5.74) is 1.47. The van der Waals surface area contributed by atoms with Crippen molar-refractivity contribution in [1.29, 1.82) is 0 Å². The molecule has 1 fully saturated rings. The lowest BCUT2D eigenvalue weighted by Gasteiger charge is -2.13. The molecule has 1 heterocycles. The van der Waals surface area contributed by atoms with E-state index in [-0.39, 0.29) is 10.7 Å². The number of thioether (sulfide) groups is 1. The van der Waals surface area contributed by atoms with Gasteiger partial charge >= 0.3 is 6.36 Å². The molecule has 2 amide bonds. The second-order valence-electron chi connectivity index (χ2n) is 5.02. The SMILES string of the molecule is O=C1NC(=O)/C(=C/c2ccc(-c3ccccc3OC(F)(F)F)cc2)S1. The van der Waals surface area contributed by atoms with E-state index in [1.54, 1.807) is 30.3 Å². The highest BCUT2D eigenvalue weighted by Crippen LogP contribution is 2.34. The minimum absolute atomic E-state index is 0.263. The molecule has 1 N–H and O–H groups in total. The van der Waals surface area contributed by atoms with Gasteiger partial charge in [-0.1, -0.05) is 42.5 Å². The molecule has 0 bridgehead atoms. The van der Waals surface area contributed by atoms with E-state index in [2.05, 4.69) is 10.1 Å². The first-order chi connectivity index (χ1) is 11.8. The molecule has 0 saturated carbocycles. The fourth-order valence-corrected chi connectivity index (χ4v) is 2.93. The number of halogens is 3. The molecule has 1 aliphatic heterocycles. The predicted octanol–water partition coefficient (Wildman–Crippen LogP) is 4.58. The van der Waals surface area contributed by atoms with Crippen LogP contribution in [0.3, 0.4) is 0 Å². The number of hydrogen-bond acceptors (Lipinski definition) is 4. The summed E-state index contributed by atoms with van der Waals surface area (Å²) in [6.07, 6.45) is -3.24. The molecule has 4 nitrogen and oxygen atoms in total. The van der Waals surface area contributed by atoms with Gasteiger partial charge in [0, 0.05) is 5.56 Å². The first kappa shape index (κ1) is 17.1. The maximum atomic E-state index is 12.5. The first-order valence-electron chi connectivity index (χ1n) is 7.02. The van der Waals surface area contributed by atoms with E-state index < -0.39 is 17.5 Å². The van der Waals surface area contributed by atoms with Gasteiger partial charge in [0.2, 0.25) is 0 Å². The number of amides is 2. The van der Waals surface area contributed by atoms with E-state index >= 15 is 0 Å². The van der Waals surface area contributed by atoms with E-state index in [9.17, 15) is 22.8 Å². The Morgan fingerprint density at radius 3 is 2.28 bits per heavy atom. The minimum atomic E-state index is -4.78. The Hall–Kier alpha value is -2.74. The van der Waals surface area contributed by atoms with Crippen molar-refractivity contribution in [3.8, 4) is 16.9 Å². The molecule has 128 valence electrons. The van der Waals surface area contributed by atoms with Crippen molar-refractivity contribution in [3.63, 3.8) is 0 Å². The molecule has 25 heavy (non-hydrogen) atoms. The zero-order valence-electron chi connectivity index (χ0n) is 12.5. The average molecular weight is 365 g/mol. The average Bonchev–Trinajstić information content (AvgIpc) is 2.85. The maximum absolute atomic E-state index is 12.5. The van der Waals surface area contributed by atoms with Crippen molar-refractivity contribution in [3.05, 3.63) is 59.0 Å². The second-order valence-corrected chi connectivity index (χ2v) is 6.03. The highest BCUT2D eigenvalue weighted by molar-refractivity contribution is 8.18. The van der Waals surface area contributed by atoms with Gasteiger partial charge in [0.25, 0.3) is 11.1 Å². The molecule has 0 radical (unpaired) electrons. The van der Waals surface area contributed by atoms with Gasteiger partial charge in [-0.15, -0.1) is 13.2 Å². The van der Waals surface area contributed by atoms with Crippen LogP contribution in [0.4, 0.5) is 18.0 Å². The normalized spacial score (nSPS) is 16.2. The molecule has 1 saturated heterocycles. The lowest BCUT2D eigenvalue weighted by atomic mass is 10.0. The number of ether oxygens (including phenoxy) is 1. The Morgan fingerprint density at radius 1 is 1.00 bits per heavy atom. The third kappa shape index (κ3) is 4.21. The van der Waals surface area contributed by atoms with Crippen LogP contribution >= 0.6 is 11.8 Å². The molecule has 2 aromatic rings. The summed E-state index contributed by atoms with van der Waals surface area (Å²) in [5.74, 6) is -0.763. The topological polar surface area (TPSA) is 55.4 Å². The molecule has 0 spiro atoms. The van der Waals surface area contributed by atoms with Crippen molar-refractivity contribution in [2.45, 2.75) is 6.36 Å². The van der Waals surface area contributed by atoms with Crippen molar-refractivity contribution in [1.82, 2.24) is 5.32 Å². The van der Waals surface area contributed by atoms with Gasteiger partial charge in [-0.05, 0) is 35.0 Å². The smallest absolute Gasteiger partial charge is 0.405 e. The van der Waals surface area contributed by atoms with Gasteiger partial charge in [0.05, 0.1) is 4.91 Å². The molecule has 0 unspecified atom stereocenters. The molecule has 0 aromatic heterocycles. The summed E-state index contributed by atoms with van der Waals surface area (Å²) in [4.78, 5) is 22.9. The molecular formula is C17H10F3NO3S. The van der Waals surface area contributed by atoms with Crippen LogP contribution in [0.5, 0.6) is 5.75 Å². The number of benzene rings is 2. The third-order valence-corrected chi connectivity index (χ3v) is 4.08. The monoisotopic (exact) mass is 365 g/mol. The quantitative estimate of drug-likeness (QED) is 0.809. The summed E-state index contributed by atoms with van der Waals surface area (Å²) >= 11 is 0.794. The highest BCUT2D eigenvalue weighted by atomic mass is 32.2. The number of alkyl halides is 3. The van der Waals surface area contributed by atoms with Crippen LogP contribution in [0.2, 0.25) is 0 Å².